The van der Waals surface area contributed by atoms with Crippen LogP contribution >= 0.6 is 0 Å². The van der Waals surface area contributed by atoms with Crippen molar-refractivity contribution in [2.24, 2.45) is 0 Å². The molecule has 1 aliphatic carbocycles. The molecule has 1 heterocycles. The minimum absolute atomic E-state index is 0.0131. The van der Waals surface area contributed by atoms with E-state index < -0.39 is 0 Å². The standard InChI is InChI=1S/C12H19N5O/c1-2-5-13-10-6-11(16-8-15-10)14-7-12(18)17-9-3-4-9/h6,8-9H,2-5,7H2,1H3,(H,17,18)(H2,13,14,15,16). The molecule has 3 N–H and O–H groups in total. The Balaban J connectivity index is 1.78. The molecular formula is C12H19N5O. The summed E-state index contributed by atoms with van der Waals surface area (Å²) in [4.78, 5) is 19.7. The molecule has 0 bridgehead atoms. The second kappa shape index (κ2) is 6.18. The van der Waals surface area contributed by atoms with Gasteiger partial charge in [0.2, 0.25) is 5.91 Å². The Morgan fingerprint density at radius 3 is 2.72 bits per heavy atom. The molecule has 0 unspecified atom stereocenters. The minimum atomic E-state index is 0.0131. The number of anilines is 2. The molecule has 0 spiro atoms. The summed E-state index contributed by atoms with van der Waals surface area (Å²) in [6.45, 7) is 3.22. The fourth-order valence-corrected chi connectivity index (χ4v) is 1.48. The van der Waals surface area contributed by atoms with Gasteiger partial charge in [-0.3, -0.25) is 4.79 Å². The highest BCUT2D eigenvalue weighted by Crippen LogP contribution is 2.18. The van der Waals surface area contributed by atoms with Crippen molar-refractivity contribution in [3.8, 4) is 0 Å². The monoisotopic (exact) mass is 249 g/mol. The first-order valence-corrected chi connectivity index (χ1v) is 6.37. The average Bonchev–Trinajstić information content (AvgIpc) is 3.18. The summed E-state index contributed by atoms with van der Waals surface area (Å²) in [5, 5.41) is 9.08. The molecule has 0 radical (unpaired) electrons. The van der Waals surface area contributed by atoms with Gasteiger partial charge in [-0.2, -0.15) is 0 Å². The van der Waals surface area contributed by atoms with Crippen LogP contribution in [0, 0.1) is 0 Å². The van der Waals surface area contributed by atoms with Gasteiger partial charge in [-0.1, -0.05) is 6.92 Å². The first-order valence-electron chi connectivity index (χ1n) is 6.37. The van der Waals surface area contributed by atoms with Gasteiger partial charge in [0.25, 0.3) is 0 Å². The van der Waals surface area contributed by atoms with Crippen molar-refractivity contribution >= 4 is 17.5 Å². The highest BCUT2D eigenvalue weighted by atomic mass is 16.2. The molecule has 6 nitrogen and oxygen atoms in total. The highest BCUT2D eigenvalue weighted by molar-refractivity contribution is 5.81. The summed E-state index contributed by atoms with van der Waals surface area (Å²) in [6, 6.07) is 2.20. The van der Waals surface area contributed by atoms with Crippen LogP contribution < -0.4 is 16.0 Å². The van der Waals surface area contributed by atoms with E-state index in [1.165, 1.54) is 6.33 Å². The number of amides is 1. The van der Waals surface area contributed by atoms with Gasteiger partial charge in [-0.25, -0.2) is 9.97 Å². The molecule has 0 aromatic carbocycles. The summed E-state index contributed by atoms with van der Waals surface area (Å²) >= 11 is 0. The predicted molar refractivity (Wildman–Crippen MR) is 70.5 cm³/mol. The van der Waals surface area contributed by atoms with E-state index in [4.69, 9.17) is 0 Å². The number of hydrogen-bond acceptors (Lipinski definition) is 5. The third kappa shape index (κ3) is 4.20. The number of hydrogen-bond donors (Lipinski definition) is 3. The summed E-state index contributed by atoms with van der Waals surface area (Å²) in [6.07, 6.45) is 4.73. The Hall–Kier alpha value is -1.85. The average molecular weight is 249 g/mol. The van der Waals surface area contributed by atoms with Gasteiger partial charge < -0.3 is 16.0 Å². The number of carbonyl (C=O) groups is 1. The molecule has 1 saturated carbocycles. The van der Waals surface area contributed by atoms with Crippen molar-refractivity contribution in [1.82, 2.24) is 15.3 Å². The van der Waals surface area contributed by atoms with Gasteiger partial charge in [-0.05, 0) is 19.3 Å². The highest BCUT2D eigenvalue weighted by Gasteiger charge is 2.22. The first kappa shape index (κ1) is 12.6. The van der Waals surface area contributed by atoms with Gasteiger partial charge in [0.05, 0.1) is 6.54 Å². The largest absolute Gasteiger partial charge is 0.370 e. The SMILES string of the molecule is CCCNc1cc(NCC(=O)NC2CC2)ncn1. The summed E-state index contributed by atoms with van der Waals surface area (Å²) in [5.74, 6) is 1.45. The van der Waals surface area contributed by atoms with E-state index in [-0.39, 0.29) is 12.5 Å². The molecule has 2 rings (SSSR count). The molecule has 0 aliphatic heterocycles. The van der Waals surface area contributed by atoms with Crippen LogP contribution in [0.5, 0.6) is 0 Å². The van der Waals surface area contributed by atoms with Crippen molar-refractivity contribution < 1.29 is 4.79 Å². The van der Waals surface area contributed by atoms with Crippen molar-refractivity contribution in [3.63, 3.8) is 0 Å². The minimum Gasteiger partial charge on any atom is -0.370 e. The quantitative estimate of drug-likeness (QED) is 0.671. The van der Waals surface area contributed by atoms with Crippen molar-refractivity contribution in [2.75, 3.05) is 23.7 Å². The smallest absolute Gasteiger partial charge is 0.239 e. The molecule has 1 aromatic heterocycles. The first-order chi connectivity index (χ1) is 8.78. The second-order valence-corrected chi connectivity index (χ2v) is 4.41. The maximum Gasteiger partial charge on any atom is 0.239 e. The Kier molecular flexibility index (Phi) is 4.33. The van der Waals surface area contributed by atoms with Gasteiger partial charge in [-0.15, -0.1) is 0 Å². The zero-order valence-corrected chi connectivity index (χ0v) is 10.6. The van der Waals surface area contributed by atoms with E-state index >= 15 is 0 Å². The molecule has 1 fully saturated rings. The van der Waals surface area contributed by atoms with E-state index in [1.807, 2.05) is 0 Å². The zero-order valence-electron chi connectivity index (χ0n) is 10.6. The third-order valence-electron chi connectivity index (χ3n) is 2.60. The van der Waals surface area contributed by atoms with Crippen LogP contribution in [0.2, 0.25) is 0 Å². The predicted octanol–water partition coefficient (Wildman–Crippen LogP) is 0.989. The van der Waals surface area contributed by atoms with Gasteiger partial charge in [0, 0.05) is 18.7 Å². The number of carbonyl (C=O) groups excluding carboxylic acids is 1. The van der Waals surface area contributed by atoms with Crippen LogP contribution in [0.3, 0.4) is 0 Å². The Morgan fingerprint density at radius 2 is 2.06 bits per heavy atom. The van der Waals surface area contributed by atoms with Gasteiger partial charge >= 0.3 is 0 Å². The Labute approximate surface area is 107 Å². The lowest BCUT2D eigenvalue weighted by atomic mass is 10.4. The summed E-state index contributed by atoms with van der Waals surface area (Å²) < 4.78 is 0. The lowest BCUT2D eigenvalue weighted by molar-refractivity contribution is -0.119. The van der Waals surface area contributed by atoms with Crippen molar-refractivity contribution in [3.05, 3.63) is 12.4 Å². The van der Waals surface area contributed by atoms with Crippen LogP contribution in [0.4, 0.5) is 11.6 Å². The number of nitrogens with zero attached hydrogens (tertiary/aromatic N) is 2. The molecule has 1 amide bonds. The molecular weight excluding hydrogens is 230 g/mol. The molecule has 0 saturated heterocycles. The Bertz CT molecular complexity index is 405. The fraction of sp³-hybridized carbons (Fsp3) is 0.583. The maximum absolute atomic E-state index is 11.5. The zero-order chi connectivity index (χ0) is 12.8. The number of nitrogens with one attached hydrogen (secondary N) is 3. The van der Waals surface area contributed by atoms with Crippen LogP contribution in [0.1, 0.15) is 26.2 Å². The van der Waals surface area contributed by atoms with Crippen LogP contribution in [0.25, 0.3) is 0 Å². The maximum atomic E-state index is 11.5. The number of rotatable bonds is 7. The lowest BCUT2D eigenvalue weighted by Gasteiger charge is -2.08. The molecule has 98 valence electrons. The van der Waals surface area contributed by atoms with E-state index in [0.717, 1.165) is 31.6 Å². The van der Waals surface area contributed by atoms with E-state index in [2.05, 4.69) is 32.8 Å². The van der Waals surface area contributed by atoms with E-state index in [1.54, 1.807) is 6.07 Å². The molecule has 1 aliphatic rings. The molecule has 0 atom stereocenters. The third-order valence-corrected chi connectivity index (χ3v) is 2.60. The van der Waals surface area contributed by atoms with E-state index in [9.17, 15) is 4.79 Å². The van der Waals surface area contributed by atoms with Crippen LogP contribution in [-0.2, 0) is 4.79 Å². The Morgan fingerprint density at radius 1 is 1.33 bits per heavy atom. The fourth-order valence-electron chi connectivity index (χ4n) is 1.48. The van der Waals surface area contributed by atoms with Crippen LogP contribution in [-0.4, -0.2) is 35.0 Å². The normalized spacial score (nSPS) is 14.1. The van der Waals surface area contributed by atoms with Gasteiger partial charge in [0.15, 0.2) is 0 Å². The van der Waals surface area contributed by atoms with Gasteiger partial charge in [0.1, 0.15) is 18.0 Å². The molecule has 6 heteroatoms. The second-order valence-electron chi connectivity index (χ2n) is 4.41. The van der Waals surface area contributed by atoms with Crippen molar-refractivity contribution in [1.29, 1.82) is 0 Å². The molecule has 1 aromatic rings. The van der Waals surface area contributed by atoms with E-state index in [0.29, 0.717) is 11.9 Å². The lowest BCUT2D eigenvalue weighted by Crippen LogP contribution is -2.31. The topological polar surface area (TPSA) is 78.9 Å². The summed E-state index contributed by atoms with van der Waals surface area (Å²) in [7, 11) is 0. The summed E-state index contributed by atoms with van der Waals surface area (Å²) in [5.41, 5.74) is 0. The van der Waals surface area contributed by atoms with Crippen molar-refractivity contribution in [2.45, 2.75) is 32.2 Å². The number of aromatic nitrogens is 2. The van der Waals surface area contributed by atoms with Crippen LogP contribution in [0.15, 0.2) is 12.4 Å². The molecule has 18 heavy (non-hydrogen) atoms.